The summed E-state index contributed by atoms with van der Waals surface area (Å²) in [5.74, 6) is -0.438. The number of carboxylic acids is 1. The number of hydrogen-bond donors (Lipinski definition) is 3. The SMILES string of the molecule is COc1cc(N(C(C)=O)C2CCN(CCC(=O)O)CC2)ccc1NC(=O)Nc1ccccc1C. The zero-order valence-electron chi connectivity index (χ0n) is 19.8. The number of carbonyl (C=O) groups excluding carboxylic acids is 2. The zero-order chi connectivity index (χ0) is 24.7. The Hall–Kier alpha value is -3.59. The normalized spacial score (nSPS) is 14.3. The second-order valence-corrected chi connectivity index (χ2v) is 8.38. The molecule has 3 rings (SSSR count). The second kappa shape index (κ2) is 11.5. The zero-order valence-corrected chi connectivity index (χ0v) is 19.8. The molecule has 34 heavy (non-hydrogen) atoms. The van der Waals surface area contributed by atoms with Crippen molar-refractivity contribution in [3.8, 4) is 5.75 Å². The molecule has 9 heteroatoms. The highest BCUT2D eigenvalue weighted by Crippen LogP contribution is 2.33. The van der Waals surface area contributed by atoms with Crippen LogP contribution in [0.5, 0.6) is 5.75 Å². The smallest absolute Gasteiger partial charge is 0.323 e. The number of amides is 3. The van der Waals surface area contributed by atoms with Crippen LogP contribution in [-0.2, 0) is 9.59 Å². The molecule has 9 nitrogen and oxygen atoms in total. The quantitative estimate of drug-likeness (QED) is 0.541. The van der Waals surface area contributed by atoms with Crippen molar-refractivity contribution >= 4 is 35.0 Å². The lowest BCUT2D eigenvalue weighted by molar-refractivity contribution is -0.137. The molecule has 0 aromatic heterocycles. The Morgan fingerprint density at radius 1 is 1.09 bits per heavy atom. The predicted molar refractivity (Wildman–Crippen MR) is 132 cm³/mol. The number of rotatable bonds is 8. The van der Waals surface area contributed by atoms with E-state index in [-0.39, 0.29) is 18.4 Å². The van der Waals surface area contributed by atoms with E-state index >= 15 is 0 Å². The molecule has 0 aliphatic carbocycles. The standard InChI is InChI=1S/C25H32N4O5/c1-17-6-4-5-7-21(17)26-25(33)27-22-9-8-20(16-23(22)34-3)29(18(2)30)19-10-13-28(14-11-19)15-12-24(31)32/h4-9,16,19H,10-15H2,1-3H3,(H,31,32)(H2,26,27,33). The average molecular weight is 469 g/mol. The van der Waals surface area contributed by atoms with E-state index in [1.54, 1.807) is 23.1 Å². The maximum atomic E-state index is 12.6. The van der Waals surface area contributed by atoms with E-state index in [0.717, 1.165) is 31.5 Å². The lowest BCUT2D eigenvalue weighted by atomic mass is 10.0. The van der Waals surface area contributed by atoms with Crippen LogP contribution in [0.1, 0.15) is 31.7 Å². The summed E-state index contributed by atoms with van der Waals surface area (Å²) >= 11 is 0. The van der Waals surface area contributed by atoms with Gasteiger partial charge in [-0.25, -0.2) is 4.79 Å². The van der Waals surface area contributed by atoms with Gasteiger partial charge in [0.1, 0.15) is 5.75 Å². The molecule has 0 radical (unpaired) electrons. The molecule has 1 heterocycles. The summed E-state index contributed by atoms with van der Waals surface area (Å²) in [4.78, 5) is 39.8. The number of anilines is 3. The van der Waals surface area contributed by atoms with Crippen LogP contribution in [0.4, 0.5) is 21.9 Å². The summed E-state index contributed by atoms with van der Waals surface area (Å²) in [6.07, 6.45) is 1.62. The Labute approximate surface area is 199 Å². The Balaban J connectivity index is 1.69. The summed E-state index contributed by atoms with van der Waals surface area (Å²) in [6, 6.07) is 12.4. The van der Waals surface area contributed by atoms with E-state index in [1.807, 2.05) is 31.2 Å². The van der Waals surface area contributed by atoms with Gasteiger partial charge in [0.2, 0.25) is 5.91 Å². The number of likely N-dealkylation sites (tertiary alicyclic amines) is 1. The van der Waals surface area contributed by atoms with Crippen molar-refractivity contribution in [2.24, 2.45) is 0 Å². The first-order chi connectivity index (χ1) is 16.3. The summed E-state index contributed by atoms with van der Waals surface area (Å²) in [5, 5.41) is 14.5. The molecular formula is C25H32N4O5. The molecule has 0 unspecified atom stereocenters. The number of urea groups is 1. The Bertz CT molecular complexity index is 1030. The molecule has 1 saturated heterocycles. The summed E-state index contributed by atoms with van der Waals surface area (Å²) in [6.45, 7) is 5.43. The average Bonchev–Trinajstić information content (AvgIpc) is 2.80. The minimum Gasteiger partial charge on any atom is -0.494 e. The van der Waals surface area contributed by atoms with Crippen LogP contribution < -0.4 is 20.3 Å². The van der Waals surface area contributed by atoms with E-state index in [0.29, 0.717) is 29.4 Å². The fourth-order valence-corrected chi connectivity index (χ4v) is 4.23. The number of benzene rings is 2. The molecular weight excluding hydrogens is 436 g/mol. The summed E-state index contributed by atoms with van der Waals surface area (Å²) < 4.78 is 5.51. The molecule has 182 valence electrons. The first kappa shape index (κ1) is 25.0. The molecule has 0 saturated carbocycles. The lowest BCUT2D eigenvalue weighted by Gasteiger charge is -2.38. The third kappa shape index (κ3) is 6.48. The van der Waals surface area contributed by atoms with Crippen molar-refractivity contribution in [1.29, 1.82) is 0 Å². The highest BCUT2D eigenvalue weighted by Gasteiger charge is 2.28. The summed E-state index contributed by atoms with van der Waals surface area (Å²) in [5.41, 5.74) is 2.85. The van der Waals surface area contributed by atoms with Gasteiger partial charge in [-0.05, 0) is 43.5 Å². The van der Waals surface area contributed by atoms with Crippen molar-refractivity contribution in [2.75, 3.05) is 42.3 Å². The fourth-order valence-electron chi connectivity index (χ4n) is 4.23. The third-order valence-electron chi connectivity index (χ3n) is 6.01. The van der Waals surface area contributed by atoms with Crippen LogP contribution in [0.3, 0.4) is 0 Å². The Morgan fingerprint density at radius 3 is 2.38 bits per heavy atom. The molecule has 0 spiro atoms. The van der Waals surface area contributed by atoms with Gasteiger partial charge in [0.25, 0.3) is 0 Å². The minimum absolute atomic E-state index is 0.00597. The number of aliphatic carboxylic acids is 1. The first-order valence-corrected chi connectivity index (χ1v) is 11.3. The van der Waals surface area contributed by atoms with Crippen LogP contribution in [-0.4, -0.2) is 60.7 Å². The van der Waals surface area contributed by atoms with E-state index in [9.17, 15) is 14.4 Å². The Kier molecular flexibility index (Phi) is 8.48. The van der Waals surface area contributed by atoms with E-state index in [2.05, 4.69) is 15.5 Å². The number of nitrogens with one attached hydrogen (secondary N) is 2. The summed E-state index contributed by atoms with van der Waals surface area (Å²) in [7, 11) is 1.52. The van der Waals surface area contributed by atoms with Gasteiger partial charge in [0, 0.05) is 50.0 Å². The number of hydrogen-bond acceptors (Lipinski definition) is 5. The van der Waals surface area contributed by atoms with Gasteiger partial charge in [0.15, 0.2) is 0 Å². The largest absolute Gasteiger partial charge is 0.494 e. The van der Waals surface area contributed by atoms with E-state index in [1.165, 1.54) is 14.0 Å². The van der Waals surface area contributed by atoms with Crippen LogP contribution in [0.2, 0.25) is 0 Å². The number of carbonyl (C=O) groups is 3. The maximum Gasteiger partial charge on any atom is 0.323 e. The molecule has 2 aromatic rings. The van der Waals surface area contributed by atoms with Gasteiger partial charge in [0.05, 0.1) is 19.2 Å². The highest BCUT2D eigenvalue weighted by atomic mass is 16.5. The molecule has 3 amide bonds. The molecule has 1 aliphatic heterocycles. The number of ether oxygens (including phenoxy) is 1. The Morgan fingerprint density at radius 2 is 1.76 bits per heavy atom. The molecule has 2 aromatic carbocycles. The second-order valence-electron chi connectivity index (χ2n) is 8.38. The number of methoxy groups -OCH3 is 1. The topological polar surface area (TPSA) is 111 Å². The lowest BCUT2D eigenvalue weighted by Crippen LogP contribution is -2.47. The molecule has 0 bridgehead atoms. The van der Waals surface area contributed by atoms with Gasteiger partial charge in [-0.2, -0.15) is 0 Å². The number of para-hydroxylation sites is 1. The van der Waals surface area contributed by atoms with Crippen LogP contribution in [0, 0.1) is 6.92 Å². The van der Waals surface area contributed by atoms with E-state index < -0.39 is 12.0 Å². The van der Waals surface area contributed by atoms with Crippen LogP contribution in [0.15, 0.2) is 42.5 Å². The van der Waals surface area contributed by atoms with Crippen molar-refractivity contribution < 1.29 is 24.2 Å². The molecule has 1 aliphatic rings. The molecule has 0 atom stereocenters. The van der Waals surface area contributed by atoms with Crippen molar-refractivity contribution in [3.05, 3.63) is 48.0 Å². The van der Waals surface area contributed by atoms with Crippen LogP contribution >= 0.6 is 0 Å². The number of nitrogens with zero attached hydrogens (tertiary/aromatic N) is 2. The highest BCUT2D eigenvalue weighted by molar-refractivity contribution is 6.01. The van der Waals surface area contributed by atoms with Gasteiger partial charge < -0.3 is 30.3 Å². The third-order valence-corrected chi connectivity index (χ3v) is 6.01. The van der Waals surface area contributed by atoms with E-state index in [4.69, 9.17) is 9.84 Å². The fraction of sp³-hybridized carbons (Fsp3) is 0.400. The van der Waals surface area contributed by atoms with Crippen molar-refractivity contribution in [2.45, 2.75) is 39.2 Å². The molecule has 3 N–H and O–H groups in total. The number of aryl methyl sites for hydroxylation is 1. The first-order valence-electron chi connectivity index (χ1n) is 11.3. The molecule has 1 fully saturated rings. The van der Waals surface area contributed by atoms with Gasteiger partial charge >= 0.3 is 12.0 Å². The van der Waals surface area contributed by atoms with Gasteiger partial charge in [-0.15, -0.1) is 0 Å². The van der Waals surface area contributed by atoms with Gasteiger partial charge in [-0.3, -0.25) is 9.59 Å². The number of piperidine rings is 1. The minimum atomic E-state index is -0.805. The monoisotopic (exact) mass is 468 g/mol. The van der Waals surface area contributed by atoms with Crippen molar-refractivity contribution in [3.63, 3.8) is 0 Å². The van der Waals surface area contributed by atoms with Crippen LogP contribution in [0.25, 0.3) is 0 Å². The number of carboxylic acid groups (broad SMARTS) is 1. The van der Waals surface area contributed by atoms with Crippen molar-refractivity contribution in [1.82, 2.24) is 4.90 Å². The van der Waals surface area contributed by atoms with Gasteiger partial charge in [-0.1, -0.05) is 18.2 Å². The predicted octanol–water partition coefficient (Wildman–Crippen LogP) is 3.94. The maximum absolute atomic E-state index is 12.6.